The lowest BCUT2D eigenvalue weighted by molar-refractivity contribution is -0.118. The molecule has 0 fully saturated rings. The summed E-state index contributed by atoms with van der Waals surface area (Å²) in [6, 6.07) is 1.57. The number of aryl methyl sites for hydroxylation is 1. The SMILES string of the molecule is CC(=O)NCCCn1c2c(cc(C(=O)O)c1=O)CCCCCC2. The molecule has 6 nitrogen and oxygen atoms in total. The van der Waals surface area contributed by atoms with Crippen molar-refractivity contribution in [3.05, 3.63) is 33.2 Å². The monoisotopic (exact) mass is 320 g/mol. The summed E-state index contributed by atoms with van der Waals surface area (Å²) in [6.07, 6.45) is 6.56. The van der Waals surface area contributed by atoms with Crippen molar-refractivity contribution < 1.29 is 14.7 Å². The highest BCUT2D eigenvalue weighted by Gasteiger charge is 2.19. The van der Waals surface area contributed by atoms with Gasteiger partial charge in [-0.05, 0) is 43.7 Å². The van der Waals surface area contributed by atoms with E-state index in [0.717, 1.165) is 49.8 Å². The zero-order valence-electron chi connectivity index (χ0n) is 13.6. The molecule has 1 aliphatic rings. The quantitative estimate of drug-likeness (QED) is 0.809. The molecule has 0 unspecified atom stereocenters. The molecule has 0 bridgehead atoms. The predicted molar refractivity (Wildman–Crippen MR) is 86.8 cm³/mol. The van der Waals surface area contributed by atoms with Crippen LogP contribution >= 0.6 is 0 Å². The third-order valence-corrected chi connectivity index (χ3v) is 4.26. The van der Waals surface area contributed by atoms with Gasteiger partial charge in [-0.25, -0.2) is 4.79 Å². The molecule has 126 valence electrons. The van der Waals surface area contributed by atoms with Crippen LogP contribution in [0.15, 0.2) is 10.9 Å². The van der Waals surface area contributed by atoms with Crippen molar-refractivity contribution in [2.24, 2.45) is 0 Å². The first-order valence-electron chi connectivity index (χ1n) is 8.24. The molecule has 1 amide bonds. The Balaban J connectivity index is 2.33. The number of carbonyl (C=O) groups excluding carboxylic acids is 1. The molecule has 1 aromatic heterocycles. The van der Waals surface area contributed by atoms with E-state index in [1.54, 1.807) is 10.6 Å². The standard InChI is InChI=1S/C17H24N2O4/c1-12(20)18-9-6-10-19-15-8-5-3-2-4-7-13(15)11-14(16(19)21)17(22)23/h11H,2-10H2,1H3,(H,18,20)(H,22,23). The van der Waals surface area contributed by atoms with E-state index in [-0.39, 0.29) is 11.5 Å². The smallest absolute Gasteiger partial charge is 0.341 e. The lowest BCUT2D eigenvalue weighted by Crippen LogP contribution is -2.32. The molecule has 0 atom stereocenters. The normalized spacial score (nSPS) is 14.5. The molecule has 23 heavy (non-hydrogen) atoms. The van der Waals surface area contributed by atoms with E-state index in [2.05, 4.69) is 5.32 Å². The Morgan fingerprint density at radius 2 is 1.91 bits per heavy atom. The Hall–Kier alpha value is -2.11. The van der Waals surface area contributed by atoms with Gasteiger partial charge in [-0.1, -0.05) is 12.8 Å². The molecule has 6 heteroatoms. The van der Waals surface area contributed by atoms with E-state index in [4.69, 9.17) is 0 Å². The van der Waals surface area contributed by atoms with Gasteiger partial charge in [0.15, 0.2) is 0 Å². The van der Waals surface area contributed by atoms with Crippen molar-refractivity contribution in [3.63, 3.8) is 0 Å². The molecule has 0 saturated heterocycles. The molecule has 1 aromatic rings. The maximum atomic E-state index is 12.5. The summed E-state index contributed by atoms with van der Waals surface area (Å²) in [6.45, 7) is 2.36. The summed E-state index contributed by atoms with van der Waals surface area (Å²) in [7, 11) is 0. The van der Waals surface area contributed by atoms with Gasteiger partial charge in [-0.2, -0.15) is 0 Å². The zero-order chi connectivity index (χ0) is 16.8. The van der Waals surface area contributed by atoms with Crippen molar-refractivity contribution in [2.75, 3.05) is 6.54 Å². The topological polar surface area (TPSA) is 88.4 Å². The average molecular weight is 320 g/mol. The molecule has 0 spiro atoms. The van der Waals surface area contributed by atoms with E-state index in [0.29, 0.717) is 19.5 Å². The third kappa shape index (κ3) is 4.43. The summed E-state index contributed by atoms with van der Waals surface area (Å²) < 4.78 is 1.62. The van der Waals surface area contributed by atoms with Crippen LogP contribution in [0, 0.1) is 0 Å². The first-order valence-corrected chi connectivity index (χ1v) is 8.24. The van der Waals surface area contributed by atoms with Gasteiger partial charge in [-0.15, -0.1) is 0 Å². The van der Waals surface area contributed by atoms with E-state index in [9.17, 15) is 19.5 Å². The van der Waals surface area contributed by atoms with Crippen molar-refractivity contribution >= 4 is 11.9 Å². The number of carboxylic acids is 1. The van der Waals surface area contributed by atoms with Crippen LogP contribution in [0.2, 0.25) is 0 Å². The highest BCUT2D eigenvalue weighted by molar-refractivity contribution is 5.87. The summed E-state index contributed by atoms with van der Waals surface area (Å²) in [5, 5.41) is 12.0. The fraction of sp³-hybridized carbons (Fsp3) is 0.588. The highest BCUT2D eigenvalue weighted by Crippen LogP contribution is 2.20. The summed E-state index contributed by atoms with van der Waals surface area (Å²) in [4.78, 5) is 34.8. The minimum Gasteiger partial charge on any atom is -0.477 e. The number of hydrogen-bond donors (Lipinski definition) is 2. The first kappa shape index (κ1) is 17.2. The third-order valence-electron chi connectivity index (χ3n) is 4.26. The van der Waals surface area contributed by atoms with Crippen LogP contribution in [0.5, 0.6) is 0 Å². The Kier molecular flexibility index (Phi) is 5.96. The molecule has 1 heterocycles. The van der Waals surface area contributed by atoms with Crippen LogP contribution in [0.4, 0.5) is 0 Å². The second kappa shape index (κ2) is 7.94. The number of fused-ring (bicyclic) bond motifs is 1. The van der Waals surface area contributed by atoms with Gasteiger partial charge >= 0.3 is 5.97 Å². The van der Waals surface area contributed by atoms with E-state index >= 15 is 0 Å². The van der Waals surface area contributed by atoms with Crippen molar-refractivity contribution in [3.8, 4) is 0 Å². The van der Waals surface area contributed by atoms with Gasteiger partial charge in [0.05, 0.1) is 0 Å². The second-order valence-corrected chi connectivity index (χ2v) is 6.04. The number of pyridine rings is 1. The van der Waals surface area contributed by atoms with Crippen LogP contribution in [-0.2, 0) is 24.2 Å². The Morgan fingerprint density at radius 1 is 1.22 bits per heavy atom. The second-order valence-electron chi connectivity index (χ2n) is 6.04. The number of aromatic nitrogens is 1. The van der Waals surface area contributed by atoms with Gasteiger partial charge in [0.25, 0.3) is 5.56 Å². The van der Waals surface area contributed by atoms with Gasteiger partial charge in [-0.3, -0.25) is 9.59 Å². The molecule has 0 aromatic carbocycles. The van der Waals surface area contributed by atoms with Crippen molar-refractivity contribution in [1.29, 1.82) is 0 Å². The molecule has 0 radical (unpaired) electrons. The maximum absolute atomic E-state index is 12.5. The lowest BCUT2D eigenvalue weighted by Gasteiger charge is -2.20. The van der Waals surface area contributed by atoms with Crippen LogP contribution in [0.1, 0.15) is 60.6 Å². The largest absolute Gasteiger partial charge is 0.477 e. The molecular weight excluding hydrogens is 296 g/mol. The van der Waals surface area contributed by atoms with Crippen molar-refractivity contribution in [1.82, 2.24) is 9.88 Å². The van der Waals surface area contributed by atoms with Gasteiger partial charge in [0.1, 0.15) is 5.56 Å². The predicted octanol–water partition coefficient (Wildman–Crippen LogP) is 1.73. The number of nitrogens with zero attached hydrogens (tertiary/aromatic N) is 1. The number of rotatable bonds is 5. The molecule has 2 N–H and O–H groups in total. The summed E-state index contributed by atoms with van der Waals surface area (Å²) in [5.41, 5.74) is 1.38. The minimum absolute atomic E-state index is 0.105. The number of carboxylic acid groups (broad SMARTS) is 1. The molecule has 1 aliphatic carbocycles. The number of hydrogen-bond acceptors (Lipinski definition) is 3. The maximum Gasteiger partial charge on any atom is 0.341 e. The molecule has 2 rings (SSSR count). The van der Waals surface area contributed by atoms with Crippen LogP contribution in [0.3, 0.4) is 0 Å². The van der Waals surface area contributed by atoms with Gasteiger partial charge < -0.3 is 15.0 Å². The minimum atomic E-state index is -1.17. The molecule has 0 saturated carbocycles. The molecule has 0 aliphatic heterocycles. The van der Waals surface area contributed by atoms with Crippen molar-refractivity contribution in [2.45, 2.75) is 58.4 Å². The highest BCUT2D eigenvalue weighted by atomic mass is 16.4. The summed E-state index contributed by atoms with van der Waals surface area (Å²) in [5.74, 6) is -1.28. The fourth-order valence-corrected chi connectivity index (χ4v) is 3.13. The van der Waals surface area contributed by atoms with E-state index in [1.807, 2.05) is 0 Å². The first-order chi connectivity index (χ1) is 11.0. The van der Waals surface area contributed by atoms with Crippen LogP contribution < -0.4 is 10.9 Å². The number of amides is 1. The Bertz CT molecular complexity index is 649. The van der Waals surface area contributed by atoms with E-state index in [1.165, 1.54) is 6.92 Å². The number of carbonyl (C=O) groups is 2. The number of aromatic carboxylic acids is 1. The van der Waals surface area contributed by atoms with Gasteiger partial charge in [0.2, 0.25) is 5.91 Å². The van der Waals surface area contributed by atoms with Crippen LogP contribution in [0.25, 0.3) is 0 Å². The Morgan fingerprint density at radius 3 is 2.57 bits per heavy atom. The fourth-order valence-electron chi connectivity index (χ4n) is 3.13. The van der Waals surface area contributed by atoms with Gasteiger partial charge in [0, 0.05) is 25.7 Å². The Labute approximate surface area is 135 Å². The molecular formula is C17H24N2O4. The average Bonchev–Trinajstić information content (AvgIpc) is 2.46. The lowest BCUT2D eigenvalue weighted by atomic mass is 9.95. The number of nitrogens with one attached hydrogen (secondary N) is 1. The zero-order valence-corrected chi connectivity index (χ0v) is 13.6. The summed E-state index contributed by atoms with van der Waals surface area (Å²) >= 11 is 0. The van der Waals surface area contributed by atoms with Crippen LogP contribution in [-0.4, -0.2) is 28.1 Å². The van der Waals surface area contributed by atoms with E-state index < -0.39 is 11.5 Å².